The van der Waals surface area contributed by atoms with E-state index in [0.717, 1.165) is 6.61 Å². The first-order chi connectivity index (χ1) is 7.99. The molecule has 17 heavy (non-hydrogen) atoms. The Morgan fingerprint density at radius 2 is 1.94 bits per heavy atom. The molecular weight excluding hydrogens is 212 g/mol. The van der Waals surface area contributed by atoms with Crippen LogP contribution in [0.25, 0.3) is 0 Å². The highest BCUT2D eigenvalue weighted by Gasteiger charge is 2.28. The van der Waals surface area contributed by atoms with E-state index >= 15 is 0 Å². The van der Waals surface area contributed by atoms with Crippen molar-refractivity contribution in [1.82, 2.24) is 10.2 Å². The van der Waals surface area contributed by atoms with Crippen molar-refractivity contribution < 1.29 is 4.74 Å². The van der Waals surface area contributed by atoms with Crippen molar-refractivity contribution in [2.75, 3.05) is 26.8 Å². The van der Waals surface area contributed by atoms with E-state index in [-0.39, 0.29) is 5.54 Å². The van der Waals surface area contributed by atoms with Gasteiger partial charge in [0, 0.05) is 37.8 Å². The number of methoxy groups -OCH3 is 1. The largest absolute Gasteiger partial charge is 0.383 e. The minimum atomic E-state index is 0.157. The molecule has 1 aliphatic rings. The zero-order valence-electron chi connectivity index (χ0n) is 12.3. The molecule has 0 aromatic heterocycles. The highest BCUT2D eigenvalue weighted by atomic mass is 16.5. The van der Waals surface area contributed by atoms with Crippen LogP contribution in [0.15, 0.2) is 0 Å². The highest BCUT2D eigenvalue weighted by Crippen LogP contribution is 2.19. The lowest BCUT2D eigenvalue weighted by Crippen LogP contribution is -2.52. The summed E-state index contributed by atoms with van der Waals surface area (Å²) in [5.74, 6) is 0. The van der Waals surface area contributed by atoms with Crippen molar-refractivity contribution in [3.63, 3.8) is 0 Å². The van der Waals surface area contributed by atoms with Crippen LogP contribution < -0.4 is 5.32 Å². The van der Waals surface area contributed by atoms with Gasteiger partial charge in [0.05, 0.1) is 6.61 Å². The van der Waals surface area contributed by atoms with Crippen LogP contribution in [0, 0.1) is 0 Å². The summed E-state index contributed by atoms with van der Waals surface area (Å²) in [5.41, 5.74) is 0.157. The van der Waals surface area contributed by atoms with Gasteiger partial charge in [0.2, 0.25) is 0 Å². The third kappa shape index (κ3) is 4.57. The molecule has 0 radical (unpaired) electrons. The zero-order chi connectivity index (χ0) is 12.9. The topological polar surface area (TPSA) is 24.5 Å². The quantitative estimate of drug-likeness (QED) is 0.818. The summed E-state index contributed by atoms with van der Waals surface area (Å²) in [6.45, 7) is 12.3. The van der Waals surface area contributed by atoms with Crippen molar-refractivity contribution in [3.8, 4) is 0 Å². The molecule has 3 heteroatoms. The predicted molar refractivity (Wildman–Crippen MR) is 73.4 cm³/mol. The summed E-state index contributed by atoms with van der Waals surface area (Å²) >= 11 is 0. The number of nitrogens with zero attached hydrogens (tertiary/aromatic N) is 1. The van der Waals surface area contributed by atoms with E-state index in [9.17, 15) is 0 Å². The normalized spacial score (nSPS) is 28.8. The summed E-state index contributed by atoms with van der Waals surface area (Å²) < 4.78 is 5.35. The maximum atomic E-state index is 5.35. The molecule has 1 aliphatic heterocycles. The van der Waals surface area contributed by atoms with Gasteiger partial charge in [-0.1, -0.05) is 6.92 Å². The molecule has 0 saturated carbocycles. The average Bonchev–Trinajstić information content (AvgIpc) is 2.23. The van der Waals surface area contributed by atoms with E-state index in [0.29, 0.717) is 12.1 Å². The Hall–Kier alpha value is -0.120. The van der Waals surface area contributed by atoms with Gasteiger partial charge in [-0.25, -0.2) is 0 Å². The Balaban J connectivity index is 2.60. The van der Waals surface area contributed by atoms with E-state index in [1.807, 2.05) is 0 Å². The fraction of sp³-hybridized carbons (Fsp3) is 1.00. The maximum Gasteiger partial charge on any atom is 0.0641 e. The SMILES string of the molecule is CCC1CCN(C(C)(C)COC)CCC(C)N1. The third-order valence-electron chi connectivity index (χ3n) is 3.95. The van der Waals surface area contributed by atoms with Crippen molar-refractivity contribution >= 4 is 0 Å². The Morgan fingerprint density at radius 3 is 2.53 bits per heavy atom. The van der Waals surface area contributed by atoms with Crippen molar-refractivity contribution in [1.29, 1.82) is 0 Å². The second-order valence-electron chi connectivity index (χ2n) is 5.98. The Morgan fingerprint density at radius 1 is 1.29 bits per heavy atom. The smallest absolute Gasteiger partial charge is 0.0641 e. The molecule has 1 heterocycles. The van der Waals surface area contributed by atoms with Crippen LogP contribution in [0.1, 0.15) is 47.0 Å². The molecule has 102 valence electrons. The van der Waals surface area contributed by atoms with Crippen LogP contribution in [0.4, 0.5) is 0 Å². The monoisotopic (exact) mass is 242 g/mol. The van der Waals surface area contributed by atoms with Crippen LogP contribution >= 0.6 is 0 Å². The molecule has 0 aromatic carbocycles. The lowest BCUT2D eigenvalue weighted by molar-refractivity contribution is 0.0242. The van der Waals surface area contributed by atoms with Crippen LogP contribution in [-0.2, 0) is 4.74 Å². The third-order valence-corrected chi connectivity index (χ3v) is 3.95. The molecule has 3 nitrogen and oxygen atoms in total. The Bertz CT molecular complexity index is 218. The fourth-order valence-electron chi connectivity index (χ4n) is 2.71. The van der Waals surface area contributed by atoms with Gasteiger partial charge in [0.25, 0.3) is 0 Å². The van der Waals surface area contributed by atoms with Crippen LogP contribution in [0.2, 0.25) is 0 Å². The highest BCUT2D eigenvalue weighted by molar-refractivity contribution is 4.85. The zero-order valence-corrected chi connectivity index (χ0v) is 12.3. The Kier molecular flexibility index (Phi) is 5.90. The molecule has 0 bridgehead atoms. The Labute approximate surface area is 107 Å². The second-order valence-corrected chi connectivity index (χ2v) is 5.98. The summed E-state index contributed by atoms with van der Waals surface area (Å²) in [7, 11) is 1.80. The predicted octanol–water partition coefficient (Wildman–Crippen LogP) is 2.26. The lowest BCUT2D eigenvalue weighted by atomic mass is 9.99. The molecule has 1 fully saturated rings. The maximum absolute atomic E-state index is 5.35. The van der Waals surface area contributed by atoms with Gasteiger partial charge in [-0.15, -0.1) is 0 Å². The molecule has 2 atom stereocenters. The molecule has 0 amide bonds. The molecule has 0 aromatic rings. The van der Waals surface area contributed by atoms with Gasteiger partial charge in [-0.2, -0.15) is 0 Å². The first kappa shape index (κ1) is 14.9. The van der Waals surface area contributed by atoms with E-state index in [2.05, 4.69) is 37.9 Å². The first-order valence-electron chi connectivity index (χ1n) is 6.99. The van der Waals surface area contributed by atoms with Crippen LogP contribution in [0.3, 0.4) is 0 Å². The number of rotatable bonds is 4. The van der Waals surface area contributed by atoms with Crippen molar-refractivity contribution in [2.45, 2.75) is 64.6 Å². The number of hydrogen-bond donors (Lipinski definition) is 1. The van der Waals surface area contributed by atoms with Crippen LogP contribution in [0.5, 0.6) is 0 Å². The van der Waals surface area contributed by atoms with Gasteiger partial charge in [0.15, 0.2) is 0 Å². The number of ether oxygens (including phenoxy) is 1. The molecular formula is C14H30N2O. The molecule has 2 unspecified atom stereocenters. The van der Waals surface area contributed by atoms with Gasteiger partial charge >= 0.3 is 0 Å². The van der Waals surface area contributed by atoms with Gasteiger partial charge in [0.1, 0.15) is 0 Å². The summed E-state index contributed by atoms with van der Waals surface area (Å²) in [4.78, 5) is 2.59. The molecule has 1 saturated heterocycles. The fourth-order valence-corrected chi connectivity index (χ4v) is 2.71. The van der Waals surface area contributed by atoms with Crippen molar-refractivity contribution in [3.05, 3.63) is 0 Å². The summed E-state index contributed by atoms with van der Waals surface area (Å²) in [6, 6.07) is 1.30. The van der Waals surface area contributed by atoms with E-state index < -0.39 is 0 Å². The molecule has 0 spiro atoms. The number of nitrogens with one attached hydrogen (secondary N) is 1. The van der Waals surface area contributed by atoms with E-state index in [1.54, 1.807) is 7.11 Å². The lowest BCUT2D eigenvalue weighted by Gasteiger charge is -2.41. The molecule has 1 rings (SSSR count). The van der Waals surface area contributed by atoms with E-state index in [4.69, 9.17) is 4.74 Å². The van der Waals surface area contributed by atoms with Gasteiger partial charge in [-0.3, -0.25) is 4.90 Å². The van der Waals surface area contributed by atoms with Crippen LogP contribution in [-0.4, -0.2) is 49.3 Å². The van der Waals surface area contributed by atoms with Gasteiger partial charge < -0.3 is 10.1 Å². The second kappa shape index (κ2) is 6.72. The average molecular weight is 242 g/mol. The van der Waals surface area contributed by atoms with Gasteiger partial charge in [-0.05, 0) is 40.0 Å². The van der Waals surface area contributed by atoms with Crippen molar-refractivity contribution in [2.24, 2.45) is 0 Å². The van der Waals surface area contributed by atoms with E-state index in [1.165, 1.54) is 32.4 Å². The minimum Gasteiger partial charge on any atom is -0.383 e. The number of hydrogen-bond acceptors (Lipinski definition) is 3. The summed E-state index contributed by atoms with van der Waals surface area (Å²) in [5, 5.41) is 3.71. The summed E-state index contributed by atoms with van der Waals surface area (Å²) in [6.07, 6.45) is 3.69. The molecule has 0 aliphatic carbocycles. The first-order valence-corrected chi connectivity index (χ1v) is 6.99. The molecule has 1 N–H and O–H groups in total. The minimum absolute atomic E-state index is 0.157. The standard InChI is InChI=1S/C14H30N2O/c1-6-13-8-10-16(9-7-12(2)15-13)14(3,4)11-17-5/h12-13,15H,6-11H2,1-5H3.